The predicted octanol–water partition coefficient (Wildman–Crippen LogP) is -0.755. The van der Waals surface area contributed by atoms with E-state index >= 15 is 0 Å². The van der Waals surface area contributed by atoms with Gasteiger partial charge >= 0.3 is 11.9 Å². The van der Waals surface area contributed by atoms with E-state index in [4.69, 9.17) is 9.47 Å². The highest BCUT2D eigenvalue weighted by Gasteiger charge is 2.14. The number of imidazole rings is 1. The molecule has 14 nitrogen and oxygen atoms in total. The number of ether oxygens (including phenoxy) is 4. The van der Waals surface area contributed by atoms with Gasteiger partial charge in [-0.3, -0.25) is 19.7 Å². The van der Waals surface area contributed by atoms with Crippen molar-refractivity contribution in [3.8, 4) is 0 Å². The fourth-order valence-corrected chi connectivity index (χ4v) is 1.88. The number of carbonyl (C=O) groups excluding carboxylic acids is 4. The molecule has 2 rings (SSSR count). The number of carbonyl (C=O) groups is 4. The van der Waals surface area contributed by atoms with Gasteiger partial charge in [-0.2, -0.15) is 9.97 Å². The van der Waals surface area contributed by atoms with Crippen LogP contribution in [-0.2, 0) is 38.1 Å². The Morgan fingerprint density at radius 2 is 1.53 bits per heavy atom. The van der Waals surface area contributed by atoms with Crippen molar-refractivity contribution in [1.29, 1.82) is 0 Å². The SMILES string of the molecule is COCC(=O)Nc1nc(NC(=O)COC)c2[nH]cnc2n1.COCC(=O)OC(C)=O. The van der Waals surface area contributed by atoms with Gasteiger partial charge in [-0.15, -0.1) is 0 Å². The second-order valence-electron chi connectivity index (χ2n) is 5.36. The van der Waals surface area contributed by atoms with Crippen LogP contribution in [0.2, 0.25) is 0 Å². The number of anilines is 2. The lowest BCUT2D eigenvalue weighted by molar-refractivity contribution is -0.160. The minimum Gasteiger partial charge on any atom is -0.392 e. The van der Waals surface area contributed by atoms with Crippen LogP contribution in [0.5, 0.6) is 0 Å². The fraction of sp³-hybridized carbons (Fsp3) is 0.438. The molecule has 0 aromatic carbocycles. The summed E-state index contributed by atoms with van der Waals surface area (Å²) >= 11 is 0. The normalized spacial score (nSPS) is 10.0. The maximum atomic E-state index is 11.6. The van der Waals surface area contributed by atoms with Crippen LogP contribution in [0, 0.1) is 0 Å². The van der Waals surface area contributed by atoms with Crippen LogP contribution in [0.3, 0.4) is 0 Å². The van der Waals surface area contributed by atoms with Crippen LogP contribution in [0.1, 0.15) is 6.92 Å². The lowest BCUT2D eigenvalue weighted by Crippen LogP contribution is -2.21. The first-order valence-corrected chi connectivity index (χ1v) is 8.29. The summed E-state index contributed by atoms with van der Waals surface area (Å²) in [6, 6.07) is 0. The van der Waals surface area contributed by atoms with Crippen molar-refractivity contribution in [3.63, 3.8) is 0 Å². The molecular formula is C16H22N6O8. The summed E-state index contributed by atoms with van der Waals surface area (Å²) in [6.45, 7) is 0.728. The average Bonchev–Trinajstić information content (AvgIpc) is 3.11. The molecule has 164 valence electrons. The number of hydrogen-bond acceptors (Lipinski definition) is 11. The molecule has 0 saturated carbocycles. The number of aromatic amines is 1. The van der Waals surface area contributed by atoms with Crippen LogP contribution >= 0.6 is 0 Å². The van der Waals surface area contributed by atoms with Crippen LogP contribution < -0.4 is 10.6 Å². The monoisotopic (exact) mass is 426 g/mol. The molecule has 0 aliphatic carbocycles. The van der Waals surface area contributed by atoms with Gasteiger partial charge in [-0.05, 0) is 0 Å². The number of methoxy groups -OCH3 is 3. The maximum absolute atomic E-state index is 11.6. The number of rotatable bonds is 8. The molecule has 3 N–H and O–H groups in total. The van der Waals surface area contributed by atoms with E-state index in [1.807, 2.05) is 0 Å². The molecule has 2 aromatic heterocycles. The third kappa shape index (κ3) is 8.68. The first-order valence-electron chi connectivity index (χ1n) is 8.29. The Kier molecular flexibility index (Phi) is 10.5. The van der Waals surface area contributed by atoms with Gasteiger partial charge in [0, 0.05) is 28.3 Å². The molecule has 0 aliphatic rings. The first kappa shape index (κ1) is 24.5. The number of esters is 2. The van der Waals surface area contributed by atoms with Crippen molar-refractivity contribution in [3.05, 3.63) is 6.33 Å². The molecule has 0 atom stereocenters. The molecule has 14 heteroatoms. The lowest BCUT2D eigenvalue weighted by Gasteiger charge is -2.07. The Morgan fingerprint density at radius 3 is 2.10 bits per heavy atom. The third-order valence-electron chi connectivity index (χ3n) is 2.87. The summed E-state index contributed by atoms with van der Waals surface area (Å²) in [7, 11) is 4.15. The van der Waals surface area contributed by atoms with Crippen LogP contribution in [0.15, 0.2) is 6.33 Å². The molecule has 2 amide bonds. The van der Waals surface area contributed by atoms with E-state index in [0.29, 0.717) is 11.2 Å². The molecule has 0 spiro atoms. The minimum atomic E-state index is -0.662. The van der Waals surface area contributed by atoms with Crippen LogP contribution in [-0.4, -0.2) is 84.8 Å². The van der Waals surface area contributed by atoms with Crippen LogP contribution in [0.4, 0.5) is 11.8 Å². The Balaban J connectivity index is 0.000000424. The molecule has 30 heavy (non-hydrogen) atoms. The molecular weight excluding hydrogens is 404 g/mol. The van der Waals surface area contributed by atoms with E-state index in [-0.39, 0.29) is 37.5 Å². The molecule has 0 fully saturated rings. The summed E-state index contributed by atoms with van der Waals surface area (Å²) in [4.78, 5) is 58.3. The van der Waals surface area contributed by atoms with Gasteiger partial charge in [0.2, 0.25) is 5.95 Å². The Labute approximate surface area is 170 Å². The largest absolute Gasteiger partial charge is 0.392 e. The highest BCUT2D eigenvalue weighted by molar-refractivity contribution is 5.98. The van der Waals surface area contributed by atoms with Crippen molar-refractivity contribution in [2.45, 2.75) is 6.92 Å². The zero-order chi connectivity index (χ0) is 22.5. The van der Waals surface area contributed by atoms with E-state index in [1.54, 1.807) is 0 Å². The minimum absolute atomic E-state index is 0.0179. The molecule has 0 bridgehead atoms. The first-order chi connectivity index (χ1) is 14.3. The Bertz CT molecular complexity index is 884. The summed E-state index contributed by atoms with van der Waals surface area (Å²) in [5.74, 6) is -1.86. The number of nitrogens with one attached hydrogen (secondary N) is 3. The average molecular weight is 426 g/mol. The summed E-state index contributed by atoms with van der Waals surface area (Å²) in [5, 5.41) is 5.00. The third-order valence-corrected chi connectivity index (χ3v) is 2.87. The molecule has 0 radical (unpaired) electrons. The van der Waals surface area contributed by atoms with E-state index in [0.717, 1.165) is 6.92 Å². The summed E-state index contributed by atoms with van der Waals surface area (Å²) in [6.07, 6.45) is 1.41. The molecule has 2 aromatic rings. The number of amides is 2. The Morgan fingerprint density at radius 1 is 0.933 bits per heavy atom. The van der Waals surface area contributed by atoms with Gasteiger partial charge in [-0.25, -0.2) is 9.78 Å². The quantitative estimate of drug-likeness (QED) is 0.356. The predicted molar refractivity (Wildman–Crippen MR) is 101 cm³/mol. The zero-order valence-corrected chi connectivity index (χ0v) is 16.8. The Hall–Kier alpha value is -3.49. The maximum Gasteiger partial charge on any atom is 0.339 e. The highest BCUT2D eigenvalue weighted by atomic mass is 16.6. The van der Waals surface area contributed by atoms with Crippen molar-refractivity contribution < 1.29 is 38.1 Å². The van der Waals surface area contributed by atoms with Gasteiger partial charge in [0.15, 0.2) is 11.5 Å². The lowest BCUT2D eigenvalue weighted by atomic mass is 10.4. The van der Waals surface area contributed by atoms with Crippen molar-refractivity contribution in [2.24, 2.45) is 0 Å². The number of nitrogens with zero attached hydrogens (tertiary/aromatic N) is 3. The van der Waals surface area contributed by atoms with Gasteiger partial charge in [0.05, 0.1) is 6.33 Å². The second kappa shape index (κ2) is 12.9. The number of aromatic nitrogens is 4. The zero-order valence-electron chi connectivity index (χ0n) is 16.8. The van der Waals surface area contributed by atoms with Gasteiger partial charge < -0.3 is 29.2 Å². The number of hydrogen-bond donors (Lipinski definition) is 3. The second-order valence-corrected chi connectivity index (χ2v) is 5.36. The van der Waals surface area contributed by atoms with E-state index in [9.17, 15) is 19.2 Å². The van der Waals surface area contributed by atoms with Crippen LogP contribution in [0.25, 0.3) is 11.2 Å². The molecule has 0 saturated heterocycles. The van der Waals surface area contributed by atoms with Crippen molar-refractivity contribution >= 4 is 46.7 Å². The number of H-pyrrole nitrogens is 1. The summed E-state index contributed by atoms with van der Waals surface area (Å²) in [5.41, 5.74) is 0.759. The van der Waals surface area contributed by atoms with Gasteiger partial charge in [0.25, 0.3) is 11.8 Å². The van der Waals surface area contributed by atoms with E-state index in [1.165, 1.54) is 27.7 Å². The van der Waals surface area contributed by atoms with Crippen molar-refractivity contribution in [1.82, 2.24) is 19.9 Å². The van der Waals surface area contributed by atoms with Crippen molar-refractivity contribution in [2.75, 3.05) is 51.8 Å². The topological polar surface area (TPSA) is 184 Å². The molecule has 2 heterocycles. The fourth-order valence-electron chi connectivity index (χ4n) is 1.88. The standard InChI is InChI=1S/C11H14N6O4.C5H8O4/c1-20-3-6(18)14-10-8-9(13-5-12-8)16-11(17-10)15-7(19)4-21-2;1-4(6)9-5(7)3-8-2/h5H,3-4H2,1-2H3,(H3,12,13,14,15,16,17,18,19);3H2,1-2H3. The summed E-state index contributed by atoms with van der Waals surface area (Å²) < 4.78 is 17.9. The van der Waals surface area contributed by atoms with E-state index in [2.05, 4.69) is 40.0 Å². The van der Waals surface area contributed by atoms with Gasteiger partial charge in [0.1, 0.15) is 25.3 Å². The highest BCUT2D eigenvalue weighted by Crippen LogP contribution is 2.18. The smallest absolute Gasteiger partial charge is 0.339 e. The molecule has 0 unspecified atom stereocenters. The number of fused-ring (bicyclic) bond motifs is 1. The van der Waals surface area contributed by atoms with E-state index < -0.39 is 17.8 Å². The molecule has 0 aliphatic heterocycles. The van der Waals surface area contributed by atoms with Gasteiger partial charge in [-0.1, -0.05) is 0 Å².